The molecule has 0 rings (SSSR count). The molecule has 2 nitrogen and oxygen atoms in total. The Morgan fingerprint density at radius 3 is 1.73 bits per heavy atom. The molecule has 2 heteroatoms. The standard InChI is InChI=1S/C24H44N2/c1-6-11-19-24(26-23(17-9-4)18-10-5)20-13-12-14-21-25-22(15-7-2)16-8-3/h7-10,22-26H,2-6,11-21H2,1H3. The predicted octanol–water partition coefficient (Wildman–Crippen LogP) is 6.33. The van der Waals surface area contributed by atoms with Crippen LogP contribution >= 0.6 is 0 Å². The van der Waals surface area contributed by atoms with Crippen molar-refractivity contribution >= 4 is 0 Å². The highest BCUT2D eigenvalue weighted by Gasteiger charge is 2.13. The first-order valence-electron chi connectivity index (χ1n) is 10.6. The van der Waals surface area contributed by atoms with E-state index in [-0.39, 0.29) is 0 Å². The van der Waals surface area contributed by atoms with Gasteiger partial charge in [0.15, 0.2) is 0 Å². The molecule has 2 N–H and O–H groups in total. The topological polar surface area (TPSA) is 24.1 Å². The van der Waals surface area contributed by atoms with Crippen molar-refractivity contribution in [2.75, 3.05) is 6.54 Å². The first-order valence-corrected chi connectivity index (χ1v) is 10.6. The molecule has 0 saturated carbocycles. The van der Waals surface area contributed by atoms with Gasteiger partial charge in [-0.2, -0.15) is 0 Å². The zero-order valence-corrected chi connectivity index (χ0v) is 17.4. The molecule has 0 spiro atoms. The van der Waals surface area contributed by atoms with Crippen molar-refractivity contribution in [3.05, 3.63) is 50.6 Å². The van der Waals surface area contributed by atoms with Crippen LogP contribution in [-0.2, 0) is 0 Å². The Balaban J connectivity index is 4.11. The summed E-state index contributed by atoms with van der Waals surface area (Å²) < 4.78 is 0. The minimum absolute atomic E-state index is 0.493. The van der Waals surface area contributed by atoms with E-state index in [9.17, 15) is 0 Å². The smallest absolute Gasteiger partial charge is 0.0138 e. The monoisotopic (exact) mass is 360 g/mol. The van der Waals surface area contributed by atoms with Gasteiger partial charge in [-0.05, 0) is 51.5 Å². The fraction of sp³-hybridized carbons (Fsp3) is 0.667. The Bertz CT molecular complexity index is 341. The van der Waals surface area contributed by atoms with E-state index in [1.54, 1.807) is 0 Å². The van der Waals surface area contributed by atoms with Gasteiger partial charge in [-0.3, -0.25) is 0 Å². The summed E-state index contributed by atoms with van der Waals surface area (Å²) in [7, 11) is 0. The van der Waals surface area contributed by atoms with Gasteiger partial charge in [-0.1, -0.05) is 56.9 Å². The van der Waals surface area contributed by atoms with Crippen LogP contribution in [0.3, 0.4) is 0 Å². The minimum Gasteiger partial charge on any atom is -0.313 e. The van der Waals surface area contributed by atoms with Gasteiger partial charge in [0.25, 0.3) is 0 Å². The van der Waals surface area contributed by atoms with Crippen molar-refractivity contribution in [2.45, 2.75) is 95.7 Å². The van der Waals surface area contributed by atoms with E-state index in [0.717, 1.165) is 32.2 Å². The molecule has 1 unspecified atom stereocenters. The molecule has 1 atom stereocenters. The lowest BCUT2D eigenvalue weighted by Gasteiger charge is -2.25. The first-order chi connectivity index (χ1) is 12.7. The van der Waals surface area contributed by atoms with Gasteiger partial charge in [-0.25, -0.2) is 0 Å². The van der Waals surface area contributed by atoms with E-state index in [0.29, 0.717) is 18.1 Å². The van der Waals surface area contributed by atoms with Crippen molar-refractivity contribution < 1.29 is 0 Å². The molecule has 0 aliphatic rings. The lowest BCUT2D eigenvalue weighted by molar-refractivity contribution is 0.369. The third kappa shape index (κ3) is 14.1. The highest BCUT2D eigenvalue weighted by Crippen LogP contribution is 2.13. The number of hydrogen-bond acceptors (Lipinski definition) is 2. The third-order valence-corrected chi connectivity index (χ3v) is 4.84. The third-order valence-electron chi connectivity index (χ3n) is 4.84. The molecule has 150 valence electrons. The van der Waals surface area contributed by atoms with Crippen LogP contribution in [0.2, 0.25) is 0 Å². The molecule has 0 aromatic heterocycles. The van der Waals surface area contributed by atoms with Crippen molar-refractivity contribution in [2.24, 2.45) is 0 Å². The van der Waals surface area contributed by atoms with E-state index in [4.69, 9.17) is 0 Å². The van der Waals surface area contributed by atoms with Crippen LogP contribution in [0.15, 0.2) is 50.6 Å². The second-order valence-electron chi connectivity index (χ2n) is 7.30. The lowest BCUT2D eigenvalue weighted by Crippen LogP contribution is -2.38. The molecule has 0 radical (unpaired) electrons. The van der Waals surface area contributed by atoms with Crippen LogP contribution in [-0.4, -0.2) is 24.7 Å². The highest BCUT2D eigenvalue weighted by molar-refractivity contribution is 4.87. The number of unbranched alkanes of at least 4 members (excludes halogenated alkanes) is 3. The number of nitrogens with one attached hydrogen (secondary N) is 2. The molecular formula is C24H44N2. The van der Waals surface area contributed by atoms with E-state index in [1.807, 2.05) is 24.3 Å². The zero-order chi connectivity index (χ0) is 19.5. The average molecular weight is 361 g/mol. The van der Waals surface area contributed by atoms with Crippen molar-refractivity contribution in [1.82, 2.24) is 10.6 Å². The van der Waals surface area contributed by atoms with Crippen LogP contribution in [0.25, 0.3) is 0 Å². The fourth-order valence-electron chi connectivity index (χ4n) is 3.39. The predicted molar refractivity (Wildman–Crippen MR) is 120 cm³/mol. The van der Waals surface area contributed by atoms with E-state index in [1.165, 1.54) is 44.9 Å². The summed E-state index contributed by atoms with van der Waals surface area (Å²) in [5, 5.41) is 7.48. The van der Waals surface area contributed by atoms with Gasteiger partial charge in [0, 0.05) is 18.1 Å². The van der Waals surface area contributed by atoms with Crippen molar-refractivity contribution in [3.8, 4) is 0 Å². The van der Waals surface area contributed by atoms with Gasteiger partial charge in [0.2, 0.25) is 0 Å². The Labute approximate surface area is 163 Å². The lowest BCUT2D eigenvalue weighted by atomic mass is 10.00. The molecule has 0 amide bonds. The number of hydrogen-bond donors (Lipinski definition) is 2. The maximum absolute atomic E-state index is 3.89. The first kappa shape index (κ1) is 24.9. The summed E-state index contributed by atoms with van der Waals surface area (Å²) in [4.78, 5) is 0. The van der Waals surface area contributed by atoms with Crippen LogP contribution in [0.1, 0.15) is 77.6 Å². The molecule has 0 fully saturated rings. The molecular weight excluding hydrogens is 316 g/mol. The second kappa shape index (κ2) is 18.7. The Kier molecular flexibility index (Phi) is 17.9. The molecule has 0 aromatic rings. The summed E-state index contributed by atoms with van der Waals surface area (Å²) in [6.07, 6.45) is 21.1. The maximum Gasteiger partial charge on any atom is 0.0138 e. The fourth-order valence-corrected chi connectivity index (χ4v) is 3.39. The van der Waals surface area contributed by atoms with Gasteiger partial charge in [0.05, 0.1) is 0 Å². The maximum atomic E-state index is 3.89. The molecule has 0 heterocycles. The average Bonchev–Trinajstić information content (AvgIpc) is 2.62. The van der Waals surface area contributed by atoms with Crippen molar-refractivity contribution in [3.63, 3.8) is 0 Å². The summed E-state index contributed by atoms with van der Waals surface area (Å²) in [5.74, 6) is 0. The van der Waals surface area contributed by atoms with Gasteiger partial charge >= 0.3 is 0 Å². The molecule has 0 bridgehead atoms. The van der Waals surface area contributed by atoms with Crippen LogP contribution in [0, 0.1) is 0 Å². The largest absolute Gasteiger partial charge is 0.313 e. The molecule has 0 aliphatic heterocycles. The molecule has 0 aliphatic carbocycles. The quantitative estimate of drug-likeness (QED) is 0.196. The van der Waals surface area contributed by atoms with Crippen LogP contribution < -0.4 is 10.6 Å². The van der Waals surface area contributed by atoms with E-state index >= 15 is 0 Å². The molecule has 0 aromatic carbocycles. The van der Waals surface area contributed by atoms with E-state index in [2.05, 4.69) is 43.9 Å². The summed E-state index contributed by atoms with van der Waals surface area (Å²) in [6.45, 7) is 18.8. The SMILES string of the molecule is C=CCC(CC=C)NCCCCCC(CCCC)NC(CC=C)CC=C. The van der Waals surface area contributed by atoms with Crippen LogP contribution in [0.5, 0.6) is 0 Å². The normalized spacial score (nSPS) is 12.3. The molecule has 26 heavy (non-hydrogen) atoms. The molecule has 0 saturated heterocycles. The second-order valence-corrected chi connectivity index (χ2v) is 7.30. The van der Waals surface area contributed by atoms with E-state index < -0.39 is 0 Å². The van der Waals surface area contributed by atoms with Gasteiger partial charge < -0.3 is 10.6 Å². The highest BCUT2D eigenvalue weighted by atomic mass is 14.9. The van der Waals surface area contributed by atoms with Crippen molar-refractivity contribution in [1.29, 1.82) is 0 Å². The van der Waals surface area contributed by atoms with Crippen LogP contribution in [0.4, 0.5) is 0 Å². The summed E-state index contributed by atoms with van der Waals surface area (Å²) in [6, 6.07) is 1.62. The Hall–Kier alpha value is -1.12. The zero-order valence-electron chi connectivity index (χ0n) is 17.4. The Morgan fingerprint density at radius 1 is 0.654 bits per heavy atom. The van der Waals surface area contributed by atoms with Gasteiger partial charge in [0.1, 0.15) is 0 Å². The minimum atomic E-state index is 0.493. The van der Waals surface area contributed by atoms with Gasteiger partial charge in [-0.15, -0.1) is 26.3 Å². The Morgan fingerprint density at radius 2 is 1.19 bits per heavy atom. The summed E-state index contributed by atoms with van der Waals surface area (Å²) in [5.41, 5.74) is 0. The summed E-state index contributed by atoms with van der Waals surface area (Å²) >= 11 is 0. The number of rotatable bonds is 20.